The number of hydrogen-bond donors (Lipinski definition) is 0. The van der Waals surface area contributed by atoms with E-state index in [2.05, 4.69) is 13.3 Å². The van der Waals surface area contributed by atoms with Crippen molar-refractivity contribution in [1.82, 2.24) is 0 Å². The molecule has 0 spiro atoms. The molecule has 0 heterocycles. The maximum Gasteiger partial charge on any atom is 0.0894 e. The van der Waals surface area contributed by atoms with E-state index in [9.17, 15) is 4.39 Å². The fraction of sp³-hybridized carbons (Fsp3) is 0.900. The van der Waals surface area contributed by atoms with E-state index in [0.717, 1.165) is 12.8 Å². The summed E-state index contributed by atoms with van der Waals surface area (Å²) >= 11 is 0. The van der Waals surface area contributed by atoms with Gasteiger partial charge in [0.2, 0.25) is 0 Å². The van der Waals surface area contributed by atoms with Crippen molar-refractivity contribution >= 4 is 0 Å². The molecule has 11 heavy (non-hydrogen) atoms. The Balaban J connectivity index is 2.69. The van der Waals surface area contributed by atoms with Crippen molar-refractivity contribution in [3.05, 3.63) is 6.42 Å². The summed E-state index contributed by atoms with van der Waals surface area (Å²) in [4.78, 5) is 0. The summed E-state index contributed by atoms with van der Waals surface area (Å²) < 4.78 is 11.6. The first-order chi connectivity index (χ1) is 5.41. The first-order valence-electron chi connectivity index (χ1n) is 4.75. The fourth-order valence-corrected chi connectivity index (χ4v) is 1.15. The van der Waals surface area contributed by atoms with Gasteiger partial charge in [0.15, 0.2) is 0 Å². The largest absolute Gasteiger partial charge is 0.251 e. The van der Waals surface area contributed by atoms with E-state index in [-0.39, 0.29) is 6.67 Å². The van der Waals surface area contributed by atoms with Crippen molar-refractivity contribution in [2.45, 2.75) is 51.9 Å². The minimum Gasteiger partial charge on any atom is -0.251 e. The SMILES string of the molecule is C[CH]CCCCCCCCF. The standard InChI is InChI=1S/C10H20F/c1-2-3-4-5-6-7-8-9-10-11/h2H,3-10H2,1H3. The average molecular weight is 159 g/mol. The Labute approximate surface area is 70.2 Å². The molecule has 0 N–H and O–H groups in total. The molecular formula is C10H20F. The Morgan fingerprint density at radius 3 is 2.00 bits per heavy atom. The van der Waals surface area contributed by atoms with Crippen LogP contribution in [0.2, 0.25) is 0 Å². The summed E-state index contributed by atoms with van der Waals surface area (Å²) in [5.41, 5.74) is 0. The van der Waals surface area contributed by atoms with Crippen LogP contribution in [0.15, 0.2) is 0 Å². The van der Waals surface area contributed by atoms with E-state index < -0.39 is 0 Å². The Morgan fingerprint density at radius 1 is 0.909 bits per heavy atom. The Kier molecular flexibility index (Phi) is 9.87. The molecule has 0 aromatic rings. The number of unbranched alkanes of at least 4 members (excludes halogenated alkanes) is 7. The van der Waals surface area contributed by atoms with Crippen LogP contribution in [0, 0.1) is 6.42 Å². The Bertz CT molecular complexity index is 53.9. The second-order valence-corrected chi connectivity index (χ2v) is 3.01. The highest BCUT2D eigenvalue weighted by Gasteiger charge is 1.89. The highest BCUT2D eigenvalue weighted by atomic mass is 19.1. The van der Waals surface area contributed by atoms with Gasteiger partial charge in [-0.3, -0.25) is 4.39 Å². The quantitative estimate of drug-likeness (QED) is 0.471. The smallest absolute Gasteiger partial charge is 0.0894 e. The molecule has 0 aliphatic heterocycles. The van der Waals surface area contributed by atoms with E-state index in [1.165, 1.54) is 32.1 Å². The van der Waals surface area contributed by atoms with Gasteiger partial charge in [0, 0.05) is 0 Å². The summed E-state index contributed by atoms with van der Waals surface area (Å²) in [5, 5.41) is 0. The van der Waals surface area contributed by atoms with Crippen LogP contribution in [0.3, 0.4) is 0 Å². The summed E-state index contributed by atoms with van der Waals surface area (Å²) in [5.74, 6) is 0. The van der Waals surface area contributed by atoms with Crippen LogP contribution in [0.25, 0.3) is 0 Å². The lowest BCUT2D eigenvalue weighted by molar-refractivity contribution is 0.450. The van der Waals surface area contributed by atoms with Crippen LogP contribution in [0.1, 0.15) is 51.9 Å². The molecule has 0 aliphatic carbocycles. The van der Waals surface area contributed by atoms with Crippen LogP contribution in [0.4, 0.5) is 4.39 Å². The molecular weight excluding hydrogens is 139 g/mol. The molecule has 0 bridgehead atoms. The molecule has 0 amide bonds. The van der Waals surface area contributed by atoms with E-state index in [1.807, 2.05) is 0 Å². The van der Waals surface area contributed by atoms with Gasteiger partial charge in [-0.2, -0.15) is 0 Å². The second-order valence-electron chi connectivity index (χ2n) is 3.01. The van der Waals surface area contributed by atoms with Gasteiger partial charge < -0.3 is 0 Å². The van der Waals surface area contributed by atoms with Gasteiger partial charge in [0.25, 0.3) is 0 Å². The predicted octanol–water partition coefficient (Wildman–Crippen LogP) is 3.91. The van der Waals surface area contributed by atoms with E-state index in [4.69, 9.17) is 0 Å². The molecule has 0 saturated carbocycles. The normalized spacial score (nSPS) is 10.4. The van der Waals surface area contributed by atoms with Crippen LogP contribution < -0.4 is 0 Å². The number of alkyl halides is 1. The van der Waals surface area contributed by atoms with Crippen molar-refractivity contribution in [3.63, 3.8) is 0 Å². The maximum absolute atomic E-state index is 11.6. The van der Waals surface area contributed by atoms with Crippen molar-refractivity contribution in [3.8, 4) is 0 Å². The fourth-order valence-electron chi connectivity index (χ4n) is 1.15. The molecule has 0 saturated heterocycles. The van der Waals surface area contributed by atoms with E-state index in [1.54, 1.807) is 0 Å². The molecule has 0 atom stereocenters. The molecule has 0 unspecified atom stereocenters. The van der Waals surface area contributed by atoms with Crippen LogP contribution >= 0.6 is 0 Å². The zero-order chi connectivity index (χ0) is 8.36. The van der Waals surface area contributed by atoms with Gasteiger partial charge in [-0.05, 0) is 12.8 Å². The highest BCUT2D eigenvalue weighted by Crippen LogP contribution is 2.07. The van der Waals surface area contributed by atoms with Crippen molar-refractivity contribution in [2.24, 2.45) is 0 Å². The third-order valence-corrected chi connectivity index (χ3v) is 1.88. The van der Waals surface area contributed by atoms with Crippen LogP contribution in [0.5, 0.6) is 0 Å². The third kappa shape index (κ3) is 9.93. The van der Waals surface area contributed by atoms with Gasteiger partial charge in [0.1, 0.15) is 0 Å². The molecule has 1 heteroatoms. The summed E-state index contributed by atoms with van der Waals surface area (Å²) in [6, 6.07) is 0. The molecule has 0 aromatic heterocycles. The third-order valence-electron chi connectivity index (χ3n) is 1.88. The van der Waals surface area contributed by atoms with Gasteiger partial charge >= 0.3 is 0 Å². The average Bonchev–Trinajstić information content (AvgIpc) is 2.03. The maximum atomic E-state index is 11.6. The lowest BCUT2D eigenvalue weighted by atomic mass is 10.1. The van der Waals surface area contributed by atoms with Crippen LogP contribution in [-0.4, -0.2) is 6.67 Å². The molecule has 0 nitrogen and oxygen atoms in total. The predicted molar refractivity (Wildman–Crippen MR) is 48.3 cm³/mol. The van der Waals surface area contributed by atoms with Crippen molar-refractivity contribution in [1.29, 1.82) is 0 Å². The zero-order valence-corrected chi connectivity index (χ0v) is 7.61. The topological polar surface area (TPSA) is 0 Å². The molecule has 0 rings (SSSR count). The van der Waals surface area contributed by atoms with E-state index in [0.29, 0.717) is 0 Å². The van der Waals surface area contributed by atoms with Crippen LogP contribution in [-0.2, 0) is 0 Å². The molecule has 67 valence electrons. The molecule has 0 aromatic carbocycles. The first-order valence-corrected chi connectivity index (χ1v) is 4.75. The monoisotopic (exact) mass is 159 g/mol. The zero-order valence-electron chi connectivity index (χ0n) is 7.61. The lowest BCUT2D eigenvalue weighted by Crippen LogP contribution is -1.81. The summed E-state index contributed by atoms with van der Waals surface area (Å²) in [6.45, 7) is 1.96. The Morgan fingerprint density at radius 2 is 1.45 bits per heavy atom. The summed E-state index contributed by atoms with van der Waals surface area (Å²) in [7, 11) is 0. The minimum absolute atomic E-state index is 0.136. The van der Waals surface area contributed by atoms with Gasteiger partial charge in [0.05, 0.1) is 6.67 Å². The first kappa shape index (κ1) is 10.9. The number of rotatable bonds is 8. The van der Waals surface area contributed by atoms with Crippen molar-refractivity contribution in [2.75, 3.05) is 6.67 Å². The van der Waals surface area contributed by atoms with Gasteiger partial charge in [-0.25, -0.2) is 0 Å². The minimum atomic E-state index is -0.136. The molecule has 1 radical (unpaired) electrons. The van der Waals surface area contributed by atoms with E-state index >= 15 is 0 Å². The summed E-state index contributed by atoms with van der Waals surface area (Å²) in [6.07, 6.45) is 10.4. The lowest BCUT2D eigenvalue weighted by Gasteiger charge is -1.98. The molecule has 0 aliphatic rings. The van der Waals surface area contributed by atoms with Gasteiger partial charge in [-0.1, -0.05) is 45.4 Å². The number of hydrogen-bond acceptors (Lipinski definition) is 0. The number of halogens is 1. The molecule has 0 fully saturated rings. The highest BCUT2D eigenvalue weighted by molar-refractivity contribution is 4.55. The van der Waals surface area contributed by atoms with Crippen molar-refractivity contribution < 1.29 is 4.39 Å². The second kappa shape index (κ2) is 9.93. The van der Waals surface area contributed by atoms with Gasteiger partial charge in [-0.15, -0.1) is 0 Å². The Hall–Kier alpha value is -0.0700.